The van der Waals surface area contributed by atoms with Crippen molar-refractivity contribution in [3.05, 3.63) is 0 Å². The molecule has 0 spiro atoms. The lowest BCUT2D eigenvalue weighted by Gasteiger charge is -2.42. The number of nitrogens with one attached hydrogen (secondary N) is 2. The largest absolute Gasteiger partial charge is 0.334 e. The Balaban J connectivity index is 1.99. The molecule has 2 fully saturated rings. The van der Waals surface area contributed by atoms with Gasteiger partial charge in [0.1, 0.15) is 0 Å². The molecule has 3 amide bonds. The summed E-state index contributed by atoms with van der Waals surface area (Å²) in [5.41, 5.74) is 0.265. The molecular weight excluding hydrogens is 264 g/mol. The molecule has 2 bridgehead atoms. The highest BCUT2D eigenvalue weighted by Gasteiger charge is 2.59. The van der Waals surface area contributed by atoms with Crippen molar-refractivity contribution in [2.24, 2.45) is 16.7 Å². The summed E-state index contributed by atoms with van der Waals surface area (Å²) in [6.07, 6.45) is 3.74. The number of carbonyl (C=O) groups excluding carboxylic acids is 2. The van der Waals surface area contributed by atoms with Gasteiger partial charge in [0.2, 0.25) is 5.91 Å². The summed E-state index contributed by atoms with van der Waals surface area (Å²) < 4.78 is 0. The van der Waals surface area contributed by atoms with Gasteiger partial charge in [-0.2, -0.15) is 0 Å². The van der Waals surface area contributed by atoms with Gasteiger partial charge < -0.3 is 5.32 Å². The van der Waals surface area contributed by atoms with Crippen molar-refractivity contribution in [1.29, 1.82) is 0 Å². The van der Waals surface area contributed by atoms with Gasteiger partial charge in [-0.25, -0.2) is 4.79 Å². The number of imide groups is 1. The fraction of sp³-hybridized carbons (Fsp3) is 0.857. The molecule has 5 heteroatoms. The molecule has 3 atom stereocenters. The number of fused-ring (bicyclic) bond motifs is 2. The van der Waals surface area contributed by atoms with Crippen LogP contribution in [0.3, 0.4) is 0 Å². The van der Waals surface area contributed by atoms with Gasteiger partial charge in [0.25, 0.3) is 0 Å². The molecule has 19 heavy (non-hydrogen) atoms. The minimum Gasteiger partial charge on any atom is -0.334 e. The Morgan fingerprint density at radius 2 is 2.00 bits per heavy atom. The molecule has 0 aliphatic heterocycles. The van der Waals surface area contributed by atoms with Crippen molar-refractivity contribution in [3.63, 3.8) is 0 Å². The highest BCUT2D eigenvalue weighted by molar-refractivity contribution is 6.19. The Bertz CT molecular complexity index is 392. The summed E-state index contributed by atoms with van der Waals surface area (Å²) >= 11 is 5.48. The minimum atomic E-state index is -0.387. The Morgan fingerprint density at radius 1 is 1.32 bits per heavy atom. The lowest BCUT2D eigenvalue weighted by atomic mass is 9.68. The number of amides is 3. The molecule has 0 aromatic rings. The summed E-state index contributed by atoms with van der Waals surface area (Å²) in [4.78, 5) is 23.3. The molecule has 2 aliphatic carbocycles. The number of rotatable bonds is 3. The van der Waals surface area contributed by atoms with Crippen LogP contribution in [0.1, 0.15) is 46.5 Å². The Kier molecular flexibility index (Phi) is 3.83. The van der Waals surface area contributed by atoms with Gasteiger partial charge >= 0.3 is 6.03 Å². The standard InChI is InChI=1S/C14H23ClN2O2/c1-13(2)9-4-6-14(3,8-9)11(13)17-12(19)16-10(18)5-7-15/h9,11H,4-8H2,1-3H3,(H2,16,17,18,19). The van der Waals surface area contributed by atoms with Gasteiger partial charge in [-0.1, -0.05) is 20.8 Å². The lowest BCUT2D eigenvalue weighted by Crippen LogP contribution is -2.55. The lowest BCUT2D eigenvalue weighted by molar-refractivity contribution is -0.119. The van der Waals surface area contributed by atoms with E-state index in [2.05, 4.69) is 31.4 Å². The third-order valence-corrected chi connectivity index (χ3v) is 5.31. The van der Waals surface area contributed by atoms with Crippen molar-refractivity contribution < 1.29 is 9.59 Å². The third-order valence-electron chi connectivity index (χ3n) is 5.12. The Labute approximate surface area is 119 Å². The topological polar surface area (TPSA) is 58.2 Å². The quantitative estimate of drug-likeness (QED) is 0.784. The maximum Gasteiger partial charge on any atom is 0.321 e. The minimum absolute atomic E-state index is 0.0971. The first-order valence-electron chi connectivity index (χ1n) is 6.96. The molecule has 0 aromatic carbocycles. The molecular formula is C14H23ClN2O2. The summed E-state index contributed by atoms with van der Waals surface area (Å²) in [5.74, 6) is 0.577. The van der Waals surface area contributed by atoms with E-state index >= 15 is 0 Å². The van der Waals surface area contributed by atoms with E-state index in [0.717, 1.165) is 6.42 Å². The molecule has 108 valence electrons. The van der Waals surface area contributed by atoms with Crippen LogP contribution in [0.4, 0.5) is 4.79 Å². The SMILES string of the molecule is CC12CCC(C1)C(C)(C)C2NC(=O)NC(=O)CCCl. The van der Waals surface area contributed by atoms with Gasteiger partial charge in [0.15, 0.2) is 0 Å². The van der Waals surface area contributed by atoms with Crippen LogP contribution in [0.2, 0.25) is 0 Å². The van der Waals surface area contributed by atoms with Crippen LogP contribution in [0.5, 0.6) is 0 Å². The van der Waals surface area contributed by atoms with Crippen LogP contribution < -0.4 is 10.6 Å². The van der Waals surface area contributed by atoms with E-state index in [4.69, 9.17) is 11.6 Å². The van der Waals surface area contributed by atoms with Gasteiger partial charge in [0, 0.05) is 18.3 Å². The van der Waals surface area contributed by atoms with Gasteiger partial charge in [-0.05, 0) is 36.0 Å². The number of alkyl halides is 1. The van der Waals surface area contributed by atoms with Crippen LogP contribution in [-0.4, -0.2) is 23.9 Å². The van der Waals surface area contributed by atoms with Crippen molar-refractivity contribution in [1.82, 2.24) is 10.6 Å². The number of hydrogen-bond acceptors (Lipinski definition) is 2. The van der Waals surface area contributed by atoms with Crippen molar-refractivity contribution in [3.8, 4) is 0 Å². The average molecular weight is 287 g/mol. The van der Waals surface area contributed by atoms with Crippen molar-refractivity contribution in [2.75, 3.05) is 5.88 Å². The second kappa shape index (κ2) is 4.97. The first kappa shape index (κ1) is 14.6. The smallest absolute Gasteiger partial charge is 0.321 e. The monoisotopic (exact) mass is 286 g/mol. The second-order valence-corrected chi connectivity index (χ2v) is 7.19. The molecule has 4 nitrogen and oxygen atoms in total. The summed E-state index contributed by atoms with van der Waals surface area (Å²) in [5, 5.41) is 5.37. The van der Waals surface area contributed by atoms with Crippen molar-refractivity contribution >= 4 is 23.5 Å². The van der Waals surface area contributed by atoms with E-state index in [9.17, 15) is 9.59 Å². The van der Waals surface area contributed by atoms with E-state index in [1.54, 1.807) is 0 Å². The average Bonchev–Trinajstić information content (AvgIpc) is 2.76. The molecule has 0 aromatic heterocycles. The van der Waals surface area contributed by atoms with Crippen LogP contribution in [0.15, 0.2) is 0 Å². The normalized spacial score (nSPS) is 35.2. The number of hydrogen-bond donors (Lipinski definition) is 2. The maximum absolute atomic E-state index is 11.9. The zero-order valence-corrected chi connectivity index (χ0v) is 12.6. The fourth-order valence-corrected chi connectivity index (χ4v) is 4.28. The fourth-order valence-electron chi connectivity index (χ4n) is 4.10. The Hall–Kier alpha value is -0.770. The van der Waals surface area contributed by atoms with Crippen LogP contribution in [0.25, 0.3) is 0 Å². The first-order valence-corrected chi connectivity index (χ1v) is 7.49. The molecule has 2 aliphatic rings. The molecule has 2 rings (SSSR count). The van der Waals surface area contributed by atoms with Gasteiger partial charge in [-0.15, -0.1) is 11.6 Å². The number of carbonyl (C=O) groups is 2. The Morgan fingerprint density at radius 3 is 2.53 bits per heavy atom. The van der Waals surface area contributed by atoms with Crippen LogP contribution >= 0.6 is 11.6 Å². The van der Waals surface area contributed by atoms with Crippen LogP contribution in [-0.2, 0) is 4.79 Å². The molecule has 0 heterocycles. The van der Waals surface area contributed by atoms with E-state index < -0.39 is 0 Å². The first-order chi connectivity index (χ1) is 8.79. The van der Waals surface area contributed by atoms with E-state index in [1.165, 1.54) is 12.8 Å². The van der Waals surface area contributed by atoms with Crippen LogP contribution in [0, 0.1) is 16.7 Å². The summed E-state index contributed by atoms with van der Waals surface area (Å²) in [6.45, 7) is 6.68. The zero-order chi connectivity index (χ0) is 14.3. The highest BCUT2D eigenvalue weighted by Crippen LogP contribution is 2.62. The predicted octanol–water partition coefficient (Wildman–Crippen LogP) is 2.66. The van der Waals surface area contributed by atoms with E-state index in [1.807, 2.05) is 0 Å². The van der Waals surface area contributed by atoms with Gasteiger partial charge in [-0.3, -0.25) is 10.1 Å². The second-order valence-electron chi connectivity index (χ2n) is 6.81. The van der Waals surface area contributed by atoms with Crippen molar-refractivity contribution in [2.45, 2.75) is 52.5 Å². The zero-order valence-electron chi connectivity index (χ0n) is 11.9. The maximum atomic E-state index is 11.9. The highest BCUT2D eigenvalue weighted by atomic mass is 35.5. The van der Waals surface area contributed by atoms with E-state index in [0.29, 0.717) is 5.92 Å². The number of halogens is 1. The van der Waals surface area contributed by atoms with Gasteiger partial charge in [0.05, 0.1) is 0 Å². The molecule has 0 saturated heterocycles. The number of urea groups is 1. The summed E-state index contributed by atoms with van der Waals surface area (Å²) in [6, 6.07) is -0.260. The molecule has 2 saturated carbocycles. The molecule has 3 unspecified atom stereocenters. The summed E-state index contributed by atoms with van der Waals surface area (Å²) in [7, 11) is 0. The molecule has 2 N–H and O–H groups in total. The third kappa shape index (κ3) is 2.60. The molecule has 0 radical (unpaired) electrons. The predicted molar refractivity (Wildman–Crippen MR) is 75.0 cm³/mol. The van der Waals surface area contributed by atoms with E-state index in [-0.39, 0.29) is 41.1 Å².